The van der Waals surface area contributed by atoms with Gasteiger partial charge < -0.3 is 24.4 Å². The predicted octanol–water partition coefficient (Wildman–Crippen LogP) is -2.27. The van der Waals surface area contributed by atoms with Crippen molar-refractivity contribution < 1.29 is 82.3 Å². The molecule has 0 aromatic rings. The van der Waals surface area contributed by atoms with Crippen LogP contribution in [0.5, 0.6) is 0 Å². The average Bonchev–Trinajstić information content (AvgIpc) is 2.92. The van der Waals surface area contributed by atoms with Crippen molar-refractivity contribution in [2.24, 2.45) is 0 Å². The third kappa shape index (κ3) is 7.57. The Morgan fingerprint density at radius 3 is 1.72 bits per heavy atom. The first-order valence-corrected chi connectivity index (χ1v) is 9.71. The van der Waals surface area contributed by atoms with E-state index in [0.717, 1.165) is 27.7 Å². The topological polar surface area (TPSA) is 242 Å². The standard InChI is InChI=1S/C19H20O17/c1-7(20)14(30-10(4)23)13(17(28)35-33-15(26)8(2)21)19(18(29)36-34-16(27)9(3)22)31-11(24)5-6-12(25)32-19/h7,9,20,22H,5-6H2,1-4H3/b14-13-. The number of rotatable bonds is 7. The Morgan fingerprint density at radius 1 is 0.806 bits per heavy atom. The van der Waals surface area contributed by atoms with E-state index in [9.17, 15) is 48.6 Å². The number of carbonyl (C=O) groups excluding carboxylic acids is 8. The molecular formula is C19H20O17. The van der Waals surface area contributed by atoms with Crippen LogP contribution in [0.2, 0.25) is 0 Å². The number of cyclic esters (lactones) is 2. The fraction of sp³-hybridized carbons (Fsp3) is 0.474. The summed E-state index contributed by atoms with van der Waals surface area (Å²) in [4.78, 5) is 112. The molecule has 1 aliphatic rings. The second-order valence-corrected chi connectivity index (χ2v) is 6.82. The van der Waals surface area contributed by atoms with E-state index in [1.807, 2.05) is 0 Å². The predicted molar refractivity (Wildman–Crippen MR) is 101 cm³/mol. The Kier molecular flexibility index (Phi) is 10.2. The SMILES string of the molecule is CC(=O)O/C(=C(/C(=O)OOC(=O)C(C)=O)C1(C(=O)OOC(=O)C(C)O)OC(=O)CCC(=O)O1)C(C)O. The van der Waals surface area contributed by atoms with Gasteiger partial charge in [0.25, 0.3) is 0 Å². The molecule has 0 saturated carbocycles. The van der Waals surface area contributed by atoms with Gasteiger partial charge >= 0.3 is 47.6 Å². The van der Waals surface area contributed by atoms with Crippen molar-refractivity contribution in [1.82, 2.24) is 0 Å². The Morgan fingerprint density at radius 2 is 1.31 bits per heavy atom. The number of esters is 3. The minimum atomic E-state index is -3.73. The van der Waals surface area contributed by atoms with Crippen LogP contribution in [-0.4, -0.2) is 75.8 Å². The summed E-state index contributed by atoms with van der Waals surface area (Å²) in [5, 5.41) is 19.3. The smallest absolute Gasteiger partial charge is 0.428 e. The normalized spacial score (nSPS) is 16.9. The molecule has 1 rings (SSSR count). The van der Waals surface area contributed by atoms with E-state index in [2.05, 4.69) is 19.6 Å². The molecule has 2 unspecified atom stereocenters. The van der Waals surface area contributed by atoms with E-state index >= 15 is 0 Å². The number of carbonyl (C=O) groups is 8. The molecule has 2 N–H and O–H groups in total. The maximum atomic E-state index is 12.9. The van der Waals surface area contributed by atoms with Gasteiger partial charge in [0.15, 0.2) is 17.4 Å². The first kappa shape index (κ1) is 29.7. The van der Waals surface area contributed by atoms with Crippen LogP contribution < -0.4 is 0 Å². The molecule has 0 aliphatic carbocycles. The van der Waals surface area contributed by atoms with Gasteiger partial charge in [-0.3, -0.25) is 19.2 Å². The second-order valence-electron chi connectivity index (χ2n) is 6.82. The van der Waals surface area contributed by atoms with Gasteiger partial charge in [0, 0.05) is 13.8 Å². The van der Waals surface area contributed by atoms with E-state index in [0.29, 0.717) is 0 Å². The lowest BCUT2D eigenvalue weighted by Gasteiger charge is -2.30. The summed E-state index contributed by atoms with van der Waals surface area (Å²) in [5.74, 6) is -17.9. The molecule has 0 amide bonds. The van der Waals surface area contributed by atoms with Crippen LogP contribution in [0, 0.1) is 0 Å². The number of Topliss-reactive ketones (excluding diaryl/α,β-unsaturated/α-hetero) is 1. The molecule has 0 aromatic carbocycles. The number of aliphatic hydroxyl groups excluding tert-OH is 2. The van der Waals surface area contributed by atoms with Crippen molar-refractivity contribution in [3.05, 3.63) is 11.3 Å². The first-order chi connectivity index (χ1) is 16.6. The molecule has 2 atom stereocenters. The van der Waals surface area contributed by atoms with Crippen molar-refractivity contribution in [3.8, 4) is 0 Å². The Hall–Kier alpha value is -4.38. The average molecular weight is 520 g/mol. The molecule has 0 radical (unpaired) electrons. The van der Waals surface area contributed by atoms with Crippen LogP contribution in [0.3, 0.4) is 0 Å². The zero-order valence-electron chi connectivity index (χ0n) is 19.1. The Labute approximate surface area is 200 Å². The van der Waals surface area contributed by atoms with Gasteiger partial charge in [-0.25, -0.2) is 38.7 Å². The van der Waals surface area contributed by atoms with E-state index in [1.54, 1.807) is 0 Å². The lowest BCUT2D eigenvalue weighted by Crippen LogP contribution is -2.52. The molecule has 0 bridgehead atoms. The van der Waals surface area contributed by atoms with Crippen LogP contribution in [0.15, 0.2) is 11.3 Å². The van der Waals surface area contributed by atoms with Crippen molar-refractivity contribution in [2.75, 3.05) is 0 Å². The van der Waals surface area contributed by atoms with Crippen molar-refractivity contribution >= 4 is 47.6 Å². The van der Waals surface area contributed by atoms with Gasteiger partial charge in [-0.05, 0) is 13.8 Å². The molecule has 1 heterocycles. The lowest BCUT2D eigenvalue weighted by molar-refractivity contribution is -0.292. The molecular weight excluding hydrogens is 500 g/mol. The fourth-order valence-corrected chi connectivity index (χ4v) is 2.21. The highest BCUT2D eigenvalue weighted by Gasteiger charge is 2.61. The Balaban J connectivity index is 3.83. The van der Waals surface area contributed by atoms with Crippen LogP contribution >= 0.6 is 0 Å². The zero-order chi connectivity index (χ0) is 27.8. The van der Waals surface area contributed by atoms with Gasteiger partial charge in [-0.2, -0.15) is 0 Å². The minimum absolute atomic E-state index is 0.719. The second kappa shape index (κ2) is 12.4. The van der Waals surface area contributed by atoms with Crippen molar-refractivity contribution in [3.63, 3.8) is 0 Å². The number of ether oxygens (including phenoxy) is 3. The third-order valence-corrected chi connectivity index (χ3v) is 3.75. The molecule has 1 saturated heterocycles. The number of aliphatic hydroxyl groups is 2. The van der Waals surface area contributed by atoms with Crippen LogP contribution in [0.25, 0.3) is 0 Å². The van der Waals surface area contributed by atoms with Crippen LogP contribution in [0.1, 0.15) is 40.5 Å². The largest absolute Gasteiger partial charge is 0.445 e. The maximum absolute atomic E-state index is 12.9. The molecule has 36 heavy (non-hydrogen) atoms. The van der Waals surface area contributed by atoms with E-state index in [-0.39, 0.29) is 0 Å². The van der Waals surface area contributed by atoms with Crippen molar-refractivity contribution in [2.45, 2.75) is 58.5 Å². The summed E-state index contributed by atoms with van der Waals surface area (Å²) in [6.07, 6.45) is -5.33. The van der Waals surface area contributed by atoms with E-state index in [1.165, 1.54) is 0 Å². The first-order valence-electron chi connectivity index (χ1n) is 9.71. The highest BCUT2D eigenvalue weighted by atomic mass is 17.2. The van der Waals surface area contributed by atoms with Gasteiger partial charge in [0.2, 0.25) is 5.78 Å². The fourth-order valence-electron chi connectivity index (χ4n) is 2.21. The maximum Gasteiger partial charge on any atom is 0.445 e. The van der Waals surface area contributed by atoms with E-state index < -0.39 is 89.7 Å². The summed E-state index contributed by atoms with van der Waals surface area (Å²) in [6.45, 7) is 3.24. The third-order valence-electron chi connectivity index (χ3n) is 3.75. The van der Waals surface area contributed by atoms with Crippen molar-refractivity contribution in [1.29, 1.82) is 0 Å². The molecule has 0 spiro atoms. The molecule has 198 valence electrons. The summed E-state index contributed by atoms with van der Waals surface area (Å²) >= 11 is 0. The lowest BCUT2D eigenvalue weighted by atomic mass is 10.0. The summed E-state index contributed by atoms with van der Waals surface area (Å²) in [7, 11) is 0. The molecule has 0 aromatic heterocycles. The van der Waals surface area contributed by atoms with Crippen LogP contribution in [0.4, 0.5) is 0 Å². The number of hydrogen-bond acceptors (Lipinski definition) is 17. The van der Waals surface area contributed by atoms with Gasteiger partial charge in [-0.1, -0.05) is 0 Å². The molecule has 17 heteroatoms. The summed E-state index contributed by atoms with van der Waals surface area (Å²) in [5.41, 5.74) is -1.61. The zero-order valence-corrected chi connectivity index (χ0v) is 19.1. The summed E-state index contributed by atoms with van der Waals surface area (Å²) < 4.78 is 14.3. The number of ketones is 1. The minimum Gasteiger partial charge on any atom is -0.428 e. The quantitative estimate of drug-likeness (QED) is 0.0897. The van der Waals surface area contributed by atoms with E-state index in [4.69, 9.17) is 14.2 Å². The molecule has 17 nitrogen and oxygen atoms in total. The highest BCUT2D eigenvalue weighted by molar-refractivity contribution is 6.32. The number of hydrogen-bond donors (Lipinski definition) is 2. The summed E-state index contributed by atoms with van der Waals surface area (Å²) in [6, 6.07) is 0. The van der Waals surface area contributed by atoms with Gasteiger partial charge in [0.05, 0.1) is 12.8 Å². The molecule has 1 aliphatic heterocycles. The van der Waals surface area contributed by atoms with Gasteiger partial charge in [0.1, 0.15) is 6.10 Å². The Bertz CT molecular complexity index is 983. The highest BCUT2D eigenvalue weighted by Crippen LogP contribution is 2.34. The monoisotopic (exact) mass is 520 g/mol. The molecule has 1 fully saturated rings. The van der Waals surface area contributed by atoms with Crippen LogP contribution in [-0.2, 0) is 72.1 Å². The van der Waals surface area contributed by atoms with Gasteiger partial charge in [-0.15, -0.1) is 0 Å².